The van der Waals surface area contributed by atoms with Crippen LogP contribution in [0, 0.1) is 6.92 Å². The molecular formula is C24H22N4O4. The second-order valence-electron chi connectivity index (χ2n) is 7.00. The van der Waals surface area contributed by atoms with Crippen molar-refractivity contribution in [1.29, 1.82) is 0 Å². The quantitative estimate of drug-likeness (QED) is 0.447. The van der Waals surface area contributed by atoms with Crippen molar-refractivity contribution in [3.8, 4) is 11.6 Å². The van der Waals surface area contributed by atoms with E-state index in [1.165, 1.54) is 10.9 Å². The molecule has 0 aliphatic heterocycles. The number of carbonyl (C=O) groups is 2. The van der Waals surface area contributed by atoms with Crippen LogP contribution in [0.2, 0.25) is 0 Å². The molecule has 0 aliphatic rings. The van der Waals surface area contributed by atoms with Gasteiger partial charge in [0, 0.05) is 5.39 Å². The minimum Gasteiger partial charge on any atom is -0.483 e. The summed E-state index contributed by atoms with van der Waals surface area (Å²) in [4.78, 5) is 29.7. The van der Waals surface area contributed by atoms with E-state index in [0.29, 0.717) is 11.6 Å². The van der Waals surface area contributed by atoms with Gasteiger partial charge in [-0.15, -0.1) is 0 Å². The number of benzene rings is 2. The van der Waals surface area contributed by atoms with Crippen molar-refractivity contribution >= 4 is 28.6 Å². The fraction of sp³-hybridized carbons (Fsp3) is 0.167. The van der Waals surface area contributed by atoms with Crippen molar-refractivity contribution in [1.82, 2.24) is 14.8 Å². The number of fused-ring (bicyclic) bond motifs is 1. The Bertz CT molecular complexity index is 1280. The summed E-state index contributed by atoms with van der Waals surface area (Å²) in [5.41, 5.74) is 1.81. The van der Waals surface area contributed by atoms with E-state index in [9.17, 15) is 9.59 Å². The highest BCUT2D eigenvalue weighted by atomic mass is 16.5. The third-order valence-corrected chi connectivity index (χ3v) is 4.78. The zero-order valence-electron chi connectivity index (χ0n) is 17.7. The number of carbonyl (C=O) groups excluding carboxylic acids is 2. The first kappa shape index (κ1) is 21.0. The molecule has 4 rings (SSSR count). The highest BCUT2D eigenvalue weighted by Crippen LogP contribution is 2.23. The summed E-state index contributed by atoms with van der Waals surface area (Å²) >= 11 is 0. The molecular weight excluding hydrogens is 408 g/mol. The number of rotatable bonds is 7. The standard InChI is InChI=1S/C24H22N4O4/c1-3-31-24(30)18-14-25-28(21-13-12-17-9-5-6-10-19(17)26-21)23(18)27-22(29)15-32-20-11-7-4-8-16(20)2/h4-14H,3,15H2,1-2H3,(H,27,29). The van der Waals surface area contributed by atoms with E-state index in [0.717, 1.165) is 16.5 Å². The Morgan fingerprint density at radius 3 is 2.62 bits per heavy atom. The molecule has 8 nitrogen and oxygen atoms in total. The van der Waals surface area contributed by atoms with Gasteiger partial charge in [-0.3, -0.25) is 4.79 Å². The number of anilines is 1. The number of nitrogens with zero attached hydrogens (tertiary/aromatic N) is 3. The summed E-state index contributed by atoms with van der Waals surface area (Å²) in [6.07, 6.45) is 1.35. The van der Waals surface area contributed by atoms with Crippen molar-refractivity contribution in [3.63, 3.8) is 0 Å². The summed E-state index contributed by atoms with van der Waals surface area (Å²) in [6.45, 7) is 3.57. The molecule has 8 heteroatoms. The van der Waals surface area contributed by atoms with Crippen molar-refractivity contribution < 1.29 is 19.1 Å². The Morgan fingerprint density at radius 1 is 1.03 bits per heavy atom. The van der Waals surface area contributed by atoms with Crippen LogP contribution in [0.15, 0.2) is 66.9 Å². The Kier molecular flexibility index (Phi) is 6.12. The third-order valence-electron chi connectivity index (χ3n) is 4.78. The van der Waals surface area contributed by atoms with Crippen LogP contribution in [-0.4, -0.2) is 39.9 Å². The van der Waals surface area contributed by atoms with E-state index in [2.05, 4.69) is 15.4 Å². The number of para-hydroxylation sites is 2. The number of hydrogen-bond donors (Lipinski definition) is 1. The third kappa shape index (κ3) is 4.44. The molecule has 0 fully saturated rings. The number of aromatic nitrogens is 3. The van der Waals surface area contributed by atoms with Gasteiger partial charge in [-0.1, -0.05) is 36.4 Å². The predicted octanol–water partition coefficient (Wildman–Crippen LogP) is 3.92. The smallest absolute Gasteiger partial charge is 0.343 e. The fourth-order valence-electron chi connectivity index (χ4n) is 3.20. The molecule has 0 bridgehead atoms. The minimum atomic E-state index is -0.588. The van der Waals surface area contributed by atoms with Crippen LogP contribution >= 0.6 is 0 Å². The zero-order valence-corrected chi connectivity index (χ0v) is 17.7. The number of esters is 1. The van der Waals surface area contributed by atoms with Crippen LogP contribution < -0.4 is 10.1 Å². The van der Waals surface area contributed by atoms with E-state index in [-0.39, 0.29) is 24.6 Å². The normalized spacial score (nSPS) is 10.7. The van der Waals surface area contributed by atoms with Crippen LogP contribution in [0.25, 0.3) is 16.7 Å². The molecule has 0 atom stereocenters. The average molecular weight is 430 g/mol. The maximum absolute atomic E-state index is 12.7. The lowest BCUT2D eigenvalue weighted by Crippen LogP contribution is -2.23. The second kappa shape index (κ2) is 9.30. The zero-order chi connectivity index (χ0) is 22.5. The summed E-state index contributed by atoms with van der Waals surface area (Å²) in [7, 11) is 0. The van der Waals surface area contributed by atoms with Crippen LogP contribution in [0.5, 0.6) is 5.75 Å². The van der Waals surface area contributed by atoms with Gasteiger partial charge >= 0.3 is 5.97 Å². The van der Waals surface area contributed by atoms with E-state index >= 15 is 0 Å². The summed E-state index contributed by atoms with van der Waals surface area (Å²) < 4.78 is 12.2. The first-order valence-electron chi connectivity index (χ1n) is 10.2. The van der Waals surface area contributed by atoms with Crippen LogP contribution in [0.3, 0.4) is 0 Å². The first-order valence-corrected chi connectivity index (χ1v) is 10.2. The van der Waals surface area contributed by atoms with Crippen LogP contribution in [-0.2, 0) is 9.53 Å². The lowest BCUT2D eigenvalue weighted by molar-refractivity contribution is -0.118. The summed E-state index contributed by atoms with van der Waals surface area (Å²) in [5, 5.41) is 7.97. The van der Waals surface area contributed by atoms with Crippen LogP contribution in [0.4, 0.5) is 5.82 Å². The van der Waals surface area contributed by atoms with E-state index in [4.69, 9.17) is 9.47 Å². The SMILES string of the molecule is CCOC(=O)c1cnn(-c2ccc3ccccc3n2)c1NC(=O)COc1ccccc1C. The molecule has 1 amide bonds. The van der Waals surface area contributed by atoms with Gasteiger partial charge in [-0.05, 0) is 43.7 Å². The topological polar surface area (TPSA) is 95.3 Å². The van der Waals surface area contributed by atoms with Crippen molar-refractivity contribution in [2.45, 2.75) is 13.8 Å². The monoisotopic (exact) mass is 430 g/mol. The predicted molar refractivity (Wildman–Crippen MR) is 120 cm³/mol. The van der Waals surface area contributed by atoms with Gasteiger partial charge in [0.25, 0.3) is 5.91 Å². The second-order valence-corrected chi connectivity index (χ2v) is 7.00. The van der Waals surface area contributed by atoms with E-state index in [1.54, 1.807) is 19.1 Å². The maximum atomic E-state index is 12.7. The Balaban J connectivity index is 1.63. The molecule has 0 unspecified atom stereocenters. The van der Waals surface area contributed by atoms with Gasteiger partial charge in [0.1, 0.15) is 11.3 Å². The molecule has 32 heavy (non-hydrogen) atoms. The molecule has 0 radical (unpaired) electrons. The van der Waals surface area contributed by atoms with Gasteiger partial charge in [0.2, 0.25) is 0 Å². The Morgan fingerprint density at radius 2 is 1.81 bits per heavy atom. The molecule has 0 aliphatic carbocycles. The fourth-order valence-corrected chi connectivity index (χ4v) is 3.20. The van der Waals surface area contributed by atoms with Crippen LogP contribution in [0.1, 0.15) is 22.8 Å². The lowest BCUT2D eigenvalue weighted by atomic mass is 10.2. The Hall–Kier alpha value is -4.20. The summed E-state index contributed by atoms with van der Waals surface area (Å²) in [5.74, 6) is 0.202. The molecule has 0 spiro atoms. The molecule has 162 valence electrons. The molecule has 2 heterocycles. The maximum Gasteiger partial charge on any atom is 0.343 e. The Labute approximate surface area is 184 Å². The van der Waals surface area contributed by atoms with Crippen molar-refractivity contribution in [2.24, 2.45) is 0 Å². The number of pyridine rings is 1. The molecule has 2 aromatic carbocycles. The summed E-state index contributed by atoms with van der Waals surface area (Å²) in [6, 6.07) is 18.7. The van der Waals surface area contributed by atoms with Gasteiger partial charge in [-0.25, -0.2) is 9.78 Å². The number of ether oxygens (including phenoxy) is 2. The van der Waals surface area contributed by atoms with Gasteiger partial charge in [0.05, 0.1) is 18.3 Å². The largest absolute Gasteiger partial charge is 0.483 e. The van der Waals surface area contributed by atoms with E-state index < -0.39 is 11.9 Å². The van der Waals surface area contributed by atoms with Crippen molar-refractivity contribution in [3.05, 3.63) is 78.0 Å². The molecule has 0 saturated heterocycles. The minimum absolute atomic E-state index is 0.131. The lowest BCUT2D eigenvalue weighted by Gasteiger charge is -2.12. The molecule has 1 N–H and O–H groups in total. The molecule has 4 aromatic rings. The number of hydrogen-bond acceptors (Lipinski definition) is 6. The van der Waals surface area contributed by atoms with Gasteiger partial charge < -0.3 is 14.8 Å². The molecule has 2 aromatic heterocycles. The highest BCUT2D eigenvalue weighted by Gasteiger charge is 2.22. The van der Waals surface area contributed by atoms with E-state index in [1.807, 2.05) is 55.5 Å². The van der Waals surface area contributed by atoms with Gasteiger partial charge in [0.15, 0.2) is 18.2 Å². The van der Waals surface area contributed by atoms with Crippen molar-refractivity contribution in [2.75, 3.05) is 18.5 Å². The molecule has 0 saturated carbocycles. The highest BCUT2D eigenvalue weighted by molar-refractivity contribution is 6.01. The number of aryl methyl sites for hydroxylation is 1. The number of amides is 1. The average Bonchev–Trinajstić information content (AvgIpc) is 3.22. The van der Waals surface area contributed by atoms with Gasteiger partial charge in [-0.2, -0.15) is 9.78 Å². The first-order chi connectivity index (χ1) is 15.6. The number of nitrogens with one attached hydrogen (secondary N) is 1.